The standard InChI is InChI=1S/C17H20FNO/c1-11-5-7-14(15(18)9-11)17(19-3)13-6-8-16(20-4)12(2)10-13/h5-10,17,19H,1-4H3. The molecule has 0 radical (unpaired) electrons. The quantitative estimate of drug-likeness (QED) is 0.915. The Kier molecular flexibility index (Phi) is 4.40. The van der Waals surface area contributed by atoms with Gasteiger partial charge in [-0.1, -0.05) is 24.3 Å². The number of rotatable bonds is 4. The van der Waals surface area contributed by atoms with Gasteiger partial charge >= 0.3 is 0 Å². The highest BCUT2D eigenvalue weighted by Crippen LogP contribution is 2.28. The highest BCUT2D eigenvalue weighted by molar-refractivity contribution is 5.41. The van der Waals surface area contributed by atoms with Crippen LogP contribution < -0.4 is 10.1 Å². The van der Waals surface area contributed by atoms with Crippen LogP contribution in [-0.4, -0.2) is 14.2 Å². The molecule has 0 amide bonds. The smallest absolute Gasteiger partial charge is 0.128 e. The monoisotopic (exact) mass is 273 g/mol. The van der Waals surface area contributed by atoms with E-state index in [0.29, 0.717) is 5.56 Å². The molecule has 2 aromatic rings. The number of ether oxygens (including phenoxy) is 1. The molecule has 0 aliphatic rings. The van der Waals surface area contributed by atoms with Gasteiger partial charge in [0, 0.05) is 5.56 Å². The highest BCUT2D eigenvalue weighted by atomic mass is 19.1. The lowest BCUT2D eigenvalue weighted by atomic mass is 9.96. The second-order valence-corrected chi connectivity index (χ2v) is 4.98. The van der Waals surface area contributed by atoms with Gasteiger partial charge in [0.2, 0.25) is 0 Å². The van der Waals surface area contributed by atoms with Crippen molar-refractivity contribution < 1.29 is 9.13 Å². The number of hydrogen-bond donors (Lipinski definition) is 1. The largest absolute Gasteiger partial charge is 0.496 e. The van der Waals surface area contributed by atoms with Crippen LogP contribution in [0.4, 0.5) is 4.39 Å². The van der Waals surface area contributed by atoms with Crippen molar-refractivity contribution in [1.29, 1.82) is 0 Å². The molecule has 106 valence electrons. The van der Waals surface area contributed by atoms with E-state index < -0.39 is 0 Å². The summed E-state index contributed by atoms with van der Waals surface area (Å²) in [4.78, 5) is 0. The first-order valence-electron chi connectivity index (χ1n) is 6.64. The lowest BCUT2D eigenvalue weighted by Crippen LogP contribution is -2.19. The fourth-order valence-corrected chi connectivity index (χ4v) is 2.45. The third kappa shape index (κ3) is 2.83. The van der Waals surface area contributed by atoms with Crippen molar-refractivity contribution in [3.05, 3.63) is 64.5 Å². The van der Waals surface area contributed by atoms with Gasteiger partial charge in [0.1, 0.15) is 11.6 Å². The normalized spacial score (nSPS) is 12.2. The van der Waals surface area contributed by atoms with Crippen molar-refractivity contribution in [3.63, 3.8) is 0 Å². The van der Waals surface area contributed by atoms with E-state index >= 15 is 0 Å². The summed E-state index contributed by atoms with van der Waals surface area (Å²) in [5.74, 6) is 0.658. The fourth-order valence-electron chi connectivity index (χ4n) is 2.45. The summed E-state index contributed by atoms with van der Waals surface area (Å²) in [7, 11) is 3.49. The Hall–Kier alpha value is -1.87. The van der Waals surface area contributed by atoms with E-state index in [1.54, 1.807) is 13.2 Å². The molecular weight excluding hydrogens is 253 g/mol. The van der Waals surface area contributed by atoms with Gasteiger partial charge in [0.05, 0.1) is 13.2 Å². The van der Waals surface area contributed by atoms with Crippen LogP contribution in [-0.2, 0) is 0 Å². The van der Waals surface area contributed by atoms with Gasteiger partial charge in [-0.3, -0.25) is 0 Å². The zero-order valence-corrected chi connectivity index (χ0v) is 12.3. The van der Waals surface area contributed by atoms with Crippen molar-refractivity contribution in [2.24, 2.45) is 0 Å². The number of methoxy groups -OCH3 is 1. The second-order valence-electron chi connectivity index (χ2n) is 4.98. The first kappa shape index (κ1) is 14.5. The minimum atomic E-state index is -0.183. The lowest BCUT2D eigenvalue weighted by Gasteiger charge is -2.19. The van der Waals surface area contributed by atoms with Gasteiger partial charge < -0.3 is 10.1 Å². The molecule has 0 heterocycles. The Labute approximate surface area is 119 Å². The molecule has 0 saturated heterocycles. The number of hydrogen-bond acceptors (Lipinski definition) is 2. The molecule has 1 atom stereocenters. The Bertz CT molecular complexity index is 610. The number of aryl methyl sites for hydroxylation is 2. The van der Waals surface area contributed by atoms with Crippen molar-refractivity contribution in [1.82, 2.24) is 5.32 Å². The summed E-state index contributed by atoms with van der Waals surface area (Å²) in [5, 5.41) is 3.18. The van der Waals surface area contributed by atoms with Crippen LogP contribution in [0.2, 0.25) is 0 Å². The van der Waals surface area contributed by atoms with Crippen molar-refractivity contribution >= 4 is 0 Å². The van der Waals surface area contributed by atoms with Crippen molar-refractivity contribution in [2.75, 3.05) is 14.2 Å². The number of halogens is 1. The Morgan fingerprint density at radius 3 is 2.40 bits per heavy atom. The van der Waals surface area contributed by atoms with Gasteiger partial charge in [0.25, 0.3) is 0 Å². The van der Waals surface area contributed by atoms with E-state index in [-0.39, 0.29) is 11.9 Å². The number of benzene rings is 2. The van der Waals surface area contributed by atoms with Crippen LogP contribution in [0.5, 0.6) is 5.75 Å². The van der Waals surface area contributed by atoms with Gasteiger partial charge in [0.15, 0.2) is 0 Å². The predicted octanol–water partition coefficient (Wildman–Crippen LogP) is 3.76. The van der Waals surface area contributed by atoms with Crippen LogP contribution in [0.3, 0.4) is 0 Å². The van der Waals surface area contributed by atoms with E-state index in [1.807, 2.05) is 51.2 Å². The molecule has 3 heteroatoms. The summed E-state index contributed by atoms with van der Waals surface area (Å²) in [6.07, 6.45) is 0. The third-order valence-electron chi connectivity index (χ3n) is 3.51. The van der Waals surface area contributed by atoms with E-state index in [9.17, 15) is 4.39 Å². The summed E-state index contributed by atoms with van der Waals surface area (Å²) in [5.41, 5.74) is 3.64. The molecule has 2 nitrogen and oxygen atoms in total. The maximum Gasteiger partial charge on any atom is 0.128 e. The average Bonchev–Trinajstić information content (AvgIpc) is 2.42. The van der Waals surface area contributed by atoms with Crippen molar-refractivity contribution in [3.8, 4) is 5.75 Å². The zero-order valence-electron chi connectivity index (χ0n) is 12.3. The topological polar surface area (TPSA) is 21.3 Å². The van der Waals surface area contributed by atoms with Gasteiger partial charge in [-0.2, -0.15) is 0 Å². The second kappa shape index (κ2) is 6.06. The van der Waals surface area contributed by atoms with E-state index in [1.165, 1.54) is 0 Å². The lowest BCUT2D eigenvalue weighted by molar-refractivity contribution is 0.411. The van der Waals surface area contributed by atoms with Gasteiger partial charge in [-0.15, -0.1) is 0 Å². The molecule has 2 aromatic carbocycles. The molecule has 1 N–H and O–H groups in total. The van der Waals surface area contributed by atoms with Crippen LogP contribution in [0, 0.1) is 19.7 Å². The molecule has 0 aliphatic heterocycles. The summed E-state index contributed by atoms with van der Waals surface area (Å²) >= 11 is 0. The average molecular weight is 273 g/mol. The fraction of sp³-hybridized carbons (Fsp3) is 0.294. The SMILES string of the molecule is CNC(c1ccc(OC)c(C)c1)c1ccc(C)cc1F. The predicted molar refractivity (Wildman–Crippen MR) is 79.8 cm³/mol. The maximum atomic E-state index is 14.2. The Morgan fingerprint density at radius 1 is 1.10 bits per heavy atom. The molecule has 0 aliphatic carbocycles. The molecular formula is C17H20FNO. The molecule has 2 rings (SSSR count). The first-order valence-corrected chi connectivity index (χ1v) is 6.64. The van der Waals surface area contributed by atoms with Gasteiger partial charge in [-0.05, 0) is 49.7 Å². The van der Waals surface area contributed by atoms with E-state index in [0.717, 1.165) is 22.4 Å². The minimum Gasteiger partial charge on any atom is -0.496 e. The first-order chi connectivity index (χ1) is 9.56. The zero-order chi connectivity index (χ0) is 14.7. The van der Waals surface area contributed by atoms with Crippen LogP contribution >= 0.6 is 0 Å². The molecule has 0 fully saturated rings. The van der Waals surface area contributed by atoms with E-state index in [4.69, 9.17) is 4.74 Å². The van der Waals surface area contributed by atoms with Crippen LogP contribution in [0.1, 0.15) is 28.3 Å². The Morgan fingerprint density at radius 2 is 1.85 bits per heavy atom. The molecule has 0 aromatic heterocycles. The Balaban J connectivity index is 2.44. The van der Waals surface area contributed by atoms with Gasteiger partial charge in [-0.25, -0.2) is 4.39 Å². The van der Waals surface area contributed by atoms with E-state index in [2.05, 4.69) is 5.32 Å². The number of nitrogens with one attached hydrogen (secondary N) is 1. The third-order valence-corrected chi connectivity index (χ3v) is 3.51. The van der Waals surface area contributed by atoms with Crippen LogP contribution in [0.15, 0.2) is 36.4 Å². The minimum absolute atomic E-state index is 0.166. The maximum absolute atomic E-state index is 14.2. The molecule has 20 heavy (non-hydrogen) atoms. The van der Waals surface area contributed by atoms with Crippen molar-refractivity contribution in [2.45, 2.75) is 19.9 Å². The molecule has 0 spiro atoms. The van der Waals surface area contributed by atoms with Crippen LogP contribution in [0.25, 0.3) is 0 Å². The highest BCUT2D eigenvalue weighted by Gasteiger charge is 2.17. The summed E-state index contributed by atoms with van der Waals surface area (Å²) < 4.78 is 19.4. The molecule has 1 unspecified atom stereocenters. The summed E-state index contributed by atoms with van der Waals surface area (Å²) in [6.45, 7) is 3.87. The molecule has 0 bridgehead atoms. The summed E-state index contributed by atoms with van der Waals surface area (Å²) in [6, 6.07) is 11.1. The molecule has 0 saturated carbocycles.